The molecule has 0 saturated heterocycles. The molecule has 0 heterocycles. The SMILES string of the molecule is Cc1c(Cl)cc(S(=O)(=O)Nc2ccc(S(=O)(=O)NC3CC3)cc2)cc1[N+](=O)[O-]. The minimum Gasteiger partial charge on any atom is -0.280 e. The Morgan fingerprint density at radius 1 is 1.04 bits per heavy atom. The molecule has 0 atom stereocenters. The number of hydrogen-bond donors (Lipinski definition) is 2. The summed E-state index contributed by atoms with van der Waals surface area (Å²) in [5, 5.41) is 11.0. The number of nitro benzene ring substituents is 1. The minimum absolute atomic E-state index is 0.0105. The van der Waals surface area contributed by atoms with E-state index < -0.39 is 30.7 Å². The van der Waals surface area contributed by atoms with Crippen LogP contribution in [0.25, 0.3) is 0 Å². The van der Waals surface area contributed by atoms with E-state index in [0.717, 1.165) is 25.0 Å². The maximum atomic E-state index is 12.6. The molecule has 12 heteroatoms. The second-order valence-electron chi connectivity index (χ2n) is 6.33. The average Bonchev–Trinajstić information content (AvgIpc) is 3.40. The van der Waals surface area contributed by atoms with Gasteiger partial charge in [-0.05, 0) is 50.1 Å². The molecule has 1 saturated carbocycles. The fourth-order valence-corrected chi connectivity index (χ4v) is 5.08. The molecule has 0 radical (unpaired) electrons. The van der Waals surface area contributed by atoms with Gasteiger partial charge in [0.25, 0.3) is 15.7 Å². The van der Waals surface area contributed by atoms with E-state index in [4.69, 9.17) is 11.6 Å². The Balaban J connectivity index is 1.86. The molecule has 1 fully saturated rings. The summed E-state index contributed by atoms with van der Waals surface area (Å²) in [5.74, 6) is 0. The quantitative estimate of drug-likeness (QED) is 0.496. The highest BCUT2D eigenvalue weighted by Gasteiger charge is 2.28. The molecule has 1 aliphatic rings. The van der Waals surface area contributed by atoms with Crippen molar-refractivity contribution in [2.75, 3.05) is 4.72 Å². The van der Waals surface area contributed by atoms with Gasteiger partial charge in [-0.2, -0.15) is 0 Å². The molecule has 2 N–H and O–H groups in total. The number of anilines is 1. The fraction of sp³-hybridized carbons (Fsp3) is 0.250. The highest BCUT2D eigenvalue weighted by Crippen LogP contribution is 2.30. The lowest BCUT2D eigenvalue weighted by Crippen LogP contribution is -2.25. The Kier molecular flexibility index (Phi) is 5.36. The summed E-state index contributed by atoms with van der Waals surface area (Å²) in [6.07, 6.45) is 1.59. The molecule has 28 heavy (non-hydrogen) atoms. The molecule has 2 aromatic rings. The zero-order chi connectivity index (χ0) is 20.7. The highest BCUT2D eigenvalue weighted by molar-refractivity contribution is 7.92. The van der Waals surface area contributed by atoms with Crippen LogP contribution in [0, 0.1) is 17.0 Å². The van der Waals surface area contributed by atoms with E-state index in [1.807, 2.05) is 0 Å². The smallest absolute Gasteiger partial charge is 0.275 e. The van der Waals surface area contributed by atoms with Gasteiger partial charge in [-0.25, -0.2) is 21.6 Å². The number of nitrogens with zero attached hydrogens (tertiary/aromatic N) is 1. The van der Waals surface area contributed by atoms with Gasteiger partial charge in [-0.1, -0.05) is 11.6 Å². The van der Waals surface area contributed by atoms with Gasteiger partial charge in [0.05, 0.1) is 19.7 Å². The molecular weight excluding hydrogens is 430 g/mol. The van der Waals surface area contributed by atoms with Crippen LogP contribution in [-0.2, 0) is 20.0 Å². The first-order valence-corrected chi connectivity index (χ1v) is 11.4. The molecule has 0 bridgehead atoms. The first-order chi connectivity index (χ1) is 13.0. The largest absolute Gasteiger partial charge is 0.280 e. The van der Waals surface area contributed by atoms with Crippen molar-refractivity contribution in [1.29, 1.82) is 0 Å². The van der Waals surface area contributed by atoms with E-state index in [2.05, 4.69) is 9.44 Å². The second-order valence-corrected chi connectivity index (χ2v) is 10.1. The number of benzene rings is 2. The lowest BCUT2D eigenvalue weighted by atomic mass is 10.2. The number of halogens is 1. The molecule has 2 aromatic carbocycles. The minimum atomic E-state index is -4.17. The van der Waals surface area contributed by atoms with Gasteiger partial charge in [0, 0.05) is 23.4 Å². The molecule has 0 aromatic heterocycles. The number of nitro groups is 1. The standard InChI is InChI=1S/C16H16ClN3O6S2/c1-10-15(17)8-14(9-16(10)20(21)22)28(25,26)19-12-4-6-13(7-5-12)27(23,24)18-11-2-3-11/h4-9,11,18-19H,2-3H2,1H3. The van der Waals surface area contributed by atoms with Crippen LogP contribution in [0.1, 0.15) is 18.4 Å². The first-order valence-electron chi connectivity index (χ1n) is 8.09. The summed E-state index contributed by atoms with van der Waals surface area (Å²) in [4.78, 5) is 10.0. The highest BCUT2D eigenvalue weighted by atomic mass is 35.5. The lowest BCUT2D eigenvalue weighted by Gasteiger charge is -2.11. The van der Waals surface area contributed by atoms with Gasteiger partial charge >= 0.3 is 0 Å². The van der Waals surface area contributed by atoms with Gasteiger partial charge in [-0.15, -0.1) is 0 Å². The van der Waals surface area contributed by atoms with Gasteiger partial charge < -0.3 is 0 Å². The predicted molar refractivity (Wildman–Crippen MR) is 103 cm³/mol. The Morgan fingerprint density at radius 3 is 2.18 bits per heavy atom. The Hall–Kier alpha value is -2.21. The third kappa shape index (κ3) is 4.43. The summed E-state index contributed by atoms with van der Waals surface area (Å²) >= 11 is 5.92. The number of hydrogen-bond acceptors (Lipinski definition) is 6. The molecule has 0 amide bonds. The third-order valence-electron chi connectivity index (χ3n) is 4.11. The second kappa shape index (κ2) is 7.32. The zero-order valence-corrected chi connectivity index (χ0v) is 16.9. The number of nitrogens with one attached hydrogen (secondary N) is 2. The van der Waals surface area contributed by atoms with Gasteiger partial charge in [0.1, 0.15) is 0 Å². The average molecular weight is 446 g/mol. The molecule has 1 aliphatic carbocycles. The number of rotatable bonds is 7. The molecule has 0 unspecified atom stereocenters. The van der Waals surface area contributed by atoms with E-state index >= 15 is 0 Å². The summed E-state index contributed by atoms with van der Waals surface area (Å²) < 4.78 is 54.2. The Bertz CT molecular complexity index is 1140. The lowest BCUT2D eigenvalue weighted by molar-refractivity contribution is -0.385. The normalized spacial score (nSPS) is 14.6. The van der Waals surface area contributed by atoms with Crippen LogP contribution in [0.4, 0.5) is 11.4 Å². The van der Waals surface area contributed by atoms with Crippen molar-refractivity contribution >= 4 is 43.0 Å². The van der Waals surface area contributed by atoms with E-state index in [1.165, 1.54) is 31.2 Å². The van der Waals surface area contributed by atoms with Crippen molar-refractivity contribution in [3.63, 3.8) is 0 Å². The van der Waals surface area contributed by atoms with Crippen LogP contribution in [0.2, 0.25) is 5.02 Å². The van der Waals surface area contributed by atoms with Crippen LogP contribution in [-0.4, -0.2) is 27.8 Å². The van der Waals surface area contributed by atoms with Crippen molar-refractivity contribution in [3.8, 4) is 0 Å². The van der Waals surface area contributed by atoms with Gasteiger partial charge in [0.2, 0.25) is 10.0 Å². The van der Waals surface area contributed by atoms with Crippen LogP contribution in [0.15, 0.2) is 46.2 Å². The Labute approximate surface area is 167 Å². The molecule has 0 spiro atoms. The van der Waals surface area contributed by atoms with Gasteiger partial charge in [0.15, 0.2) is 0 Å². The van der Waals surface area contributed by atoms with E-state index in [9.17, 15) is 26.9 Å². The predicted octanol–water partition coefficient (Wildman–Crippen LogP) is 2.80. The van der Waals surface area contributed by atoms with Crippen LogP contribution in [0.5, 0.6) is 0 Å². The zero-order valence-electron chi connectivity index (χ0n) is 14.5. The van der Waals surface area contributed by atoms with Crippen LogP contribution < -0.4 is 9.44 Å². The van der Waals surface area contributed by atoms with Crippen LogP contribution in [0.3, 0.4) is 0 Å². The van der Waals surface area contributed by atoms with Crippen molar-refractivity contribution in [1.82, 2.24) is 4.72 Å². The van der Waals surface area contributed by atoms with Crippen molar-refractivity contribution in [2.24, 2.45) is 0 Å². The maximum absolute atomic E-state index is 12.6. The van der Waals surface area contributed by atoms with Crippen molar-refractivity contribution < 1.29 is 21.8 Å². The molecular formula is C16H16ClN3O6S2. The summed E-state index contributed by atoms with van der Waals surface area (Å²) in [5.41, 5.74) is -0.159. The van der Waals surface area contributed by atoms with Crippen molar-refractivity contribution in [3.05, 3.63) is 57.1 Å². The fourth-order valence-electron chi connectivity index (χ4n) is 2.39. The number of sulfonamides is 2. The van der Waals surface area contributed by atoms with E-state index in [-0.39, 0.29) is 32.1 Å². The molecule has 9 nitrogen and oxygen atoms in total. The topological polar surface area (TPSA) is 135 Å². The monoisotopic (exact) mass is 445 g/mol. The maximum Gasteiger partial charge on any atom is 0.275 e. The molecule has 150 valence electrons. The summed E-state index contributed by atoms with van der Waals surface area (Å²) in [6.45, 7) is 1.42. The van der Waals surface area contributed by atoms with E-state index in [1.54, 1.807) is 0 Å². The van der Waals surface area contributed by atoms with E-state index in [0.29, 0.717) is 0 Å². The van der Waals surface area contributed by atoms with Gasteiger partial charge in [-0.3, -0.25) is 14.8 Å². The third-order valence-corrected chi connectivity index (χ3v) is 7.40. The summed E-state index contributed by atoms with van der Waals surface area (Å²) in [7, 11) is -7.82. The summed E-state index contributed by atoms with van der Waals surface area (Å²) in [6, 6.07) is 7.12. The first kappa shape index (κ1) is 20.5. The van der Waals surface area contributed by atoms with Crippen molar-refractivity contribution in [2.45, 2.75) is 35.6 Å². The molecule has 0 aliphatic heterocycles. The Morgan fingerprint density at radius 2 is 1.64 bits per heavy atom. The molecule has 3 rings (SSSR count). The van der Waals surface area contributed by atoms with Crippen LogP contribution >= 0.6 is 11.6 Å².